The molecule has 1 aromatic carbocycles. The summed E-state index contributed by atoms with van der Waals surface area (Å²) in [5, 5.41) is 2.94. The van der Waals surface area contributed by atoms with Crippen molar-refractivity contribution < 1.29 is 4.79 Å². The molecule has 0 bridgehead atoms. The number of halogens is 1. The molecule has 0 saturated heterocycles. The van der Waals surface area contributed by atoms with E-state index in [2.05, 4.69) is 52.2 Å². The van der Waals surface area contributed by atoms with Gasteiger partial charge >= 0.3 is 0 Å². The second kappa shape index (κ2) is 6.18. The molecule has 0 fully saturated rings. The van der Waals surface area contributed by atoms with Crippen molar-refractivity contribution in [3.63, 3.8) is 0 Å². The summed E-state index contributed by atoms with van der Waals surface area (Å²) in [5.41, 5.74) is 1.49. The number of carbonyl (C=O) groups excluding carboxylic acids is 1. The predicted octanol–water partition coefficient (Wildman–Crippen LogP) is 3.55. The van der Waals surface area contributed by atoms with E-state index < -0.39 is 0 Å². The number of aromatic nitrogens is 1. The summed E-state index contributed by atoms with van der Waals surface area (Å²) in [4.78, 5) is 16.2. The highest BCUT2D eigenvalue weighted by molar-refractivity contribution is 9.10. The molecule has 4 heteroatoms. The highest BCUT2D eigenvalue weighted by atomic mass is 79.9. The maximum absolute atomic E-state index is 12.1. The van der Waals surface area contributed by atoms with E-state index in [-0.39, 0.29) is 11.3 Å². The third kappa shape index (κ3) is 3.67. The third-order valence-electron chi connectivity index (χ3n) is 3.19. The van der Waals surface area contributed by atoms with Crippen molar-refractivity contribution in [1.82, 2.24) is 10.3 Å². The fourth-order valence-electron chi connectivity index (χ4n) is 1.92. The van der Waals surface area contributed by atoms with Crippen LogP contribution in [-0.2, 0) is 5.41 Å². The summed E-state index contributed by atoms with van der Waals surface area (Å²) < 4.78 is 0.660. The number of nitrogens with zero attached hydrogens (tertiary/aromatic N) is 1. The van der Waals surface area contributed by atoms with Crippen LogP contribution in [0.1, 0.15) is 29.9 Å². The van der Waals surface area contributed by atoms with E-state index in [9.17, 15) is 4.79 Å². The number of amides is 1. The molecule has 0 radical (unpaired) electrons. The van der Waals surface area contributed by atoms with E-state index in [4.69, 9.17) is 0 Å². The fourth-order valence-corrected chi connectivity index (χ4v) is 2.26. The molecule has 0 spiro atoms. The second-order valence-corrected chi connectivity index (χ2v) is 6.09. The number of pyridine rings is 1. The van der Waals surface area contributed by atoms with Crippen LogP contribution < -0.4 is 5.32 Å². The zero-order valence-electron chi connectivity index (χ0n) is 11.6. The molecule has 1 heterocycles. The van der Waals surface area contributed by atoms with Crippen molar-refractivity contribution in [2.24, 2.45) is 0 Å². The first kappa shape index (κ1) is 14.7. The van der Waals surface area contributed by atoms with Crippen LogP contribution in [0.2, 0.25) is 0 Å². The van der Waals surface area contributed by atoms with Gasteiger partial charge in [-0.25, -0.2) is 4.98 Å². The molecule has 20 heavy (non-hydrogen) atoms. The van der Waals surface area contributed by atoms with Crippen LogP contribution in [0, 0.1) is 0 Å². The predicted molar refractivity (Wildman–Crippen MR) is 83.7 cm³/mol. The van der Waals surface area contributed by atoms with Crippen LogP contribution in [0.15, 0.2) is 53.1 Å². The Morgan fingerprint density at radius 2 is 1.85 bits per heavy atom. The van der Waals surface area contributed by atoms with Gasteiger partial charge in [0, 0.05) is 12.0 Å². The van der Waals surface area contributed by atoms with Crippen LogP contribution in [-0.4, -0.2) is 17.4 Å². The first-order chi connectivity index (χ1) is 9.49. The molecule has 2 rings (SSSR count). The molecular formula is C16H17BrN2O. The van der Waals surface area contributed by atoms with Gasteiger partial charge in [-0.2, -0.15) is 0 Å². The van der Waals surface area contributed by atoms with E-state index in [1.807, 2.05) is 18.2 Å². The molecule has 0 unspecified atom stereocenters. The lowest BCUT2D eigenvalue weighted by atomic mass is 9.84. The quantitative estimate of drug-likeness (QED) is 0.870. The van der Waals surface area contributed by atoms with E-state index in [0.29, 0.717) is 16.8 Å². The number of benzene rings is 1. The topological polar surface area (TPSA) is 42.0 Å². The zero-order valence-corrected chi connectivity index (χ0v) is 13.1. The van der Waals surface area contributed by atoms with Gasteiger partial charge in [0.15, 0.2) is 0 Å². The maximum atomic E-state index is 12.1. The minimum absolute atomic E-state index is 0.122. The third-order valence-corrected chi connectivity index (χ3v) is 3.64. The SMILES string of the molecule is CC(C)(CNC(=O)c1cccc(Br)n1)c1ccccc1. The van der Waals surface area contributed by atoms with Crippen molar-refractivity contribution in [2.75, 3.05) is 6.54 Å². The molecule has 1 aromatic heterocycles. The Morgan fingerprint density at radius 3 is 2.50 bits per heavy atom. The lowest BCUT2D eigenvalue weighted by Gasteiger charge is -2.25. The fraction of sp³-hybridized carbons (Fsp3) is 0.250. The lowest BCUT2D eigenvalue weighted by Crippen LogP contribution is -2.37. The smallest absolute Gasteiger partial charge is 0.269 e. The number of hydrogen-bond donors (Lipinski definition) is 1. The zero-order chi connectivity index (χ0) is 14.6. The Morgan fingerprint density at radius 1 is 1.15 bits per heavy atom. The Balaban J connectivity index is 2.03. The van der Waals surface area contributed by atoms with Crippen LogP contribution >= 0.6 is 15.9 Å². The van der Waals surface area contributed by atoms with E-state index in [0.717, 1.165) is 0 Å². The Labute approximate surface area is 127 Å². The Bertz CT molecular complexity index is 596. The van der Waals surface area contributed by atoms with Crippen LogP contribution in [0.5, 0.6) is 0 Å². The largest absolute Gasteiger partial charge is 0.350 e. The molecule has 104 valence electrons. The Hall–Kier alpha value is -1.68. The standard InChI is InChI=1S/C16H17BrN2O/c1-16(2,12-7-4-3-5-8-12)11-18-15(20)13-9-6-10-14(17)19-13/h3-10H,11H2,1-2H3,(H,18,20). The molecule has 0 aliphatic rings. The highest BCUT2D eigenvalue weighted by Gasteiger charge is 2.21. The average Bonchev–Trinajstić information content (AvgIpc) is 2.46. The average molecular weight is 333 g/mol. The van der Waals surface area contributed by atoms with Gasteiger partial charge in [-0.05, 0) is 33.6 Å². The molecule has 0 aliphatic heterocycles. The first-order valence-electron chi connectivity index (χ1n) is 6.45. The number of hydrogen-bond acceptors (Lipinski definition) is 2. The van der Waals surface area contributed by atoms with Gasteiger partial charge in [-0.15, -0.1) is 0 Å². The van der Waals surface area contributed by atoms with Crippen LogP contribution in [0.4, 0.5) is 0 Å². The minimum Gasteiger partial charge on any atom is -0.350 e. The summed E-state index contributed by atoms with van der Waals surface area (Å²) >= 11 is 3.27. The van der Waals surface area contributed by atoms with Gasteiger partial charge in [-0.3, -0.25) is 4.79 Å². The van der Waals surface area contributed by atoms with Crippen LogP contribution in [0.3, 0.4) is 0 Å². The number of carbonyl (C=O) groups is 1. The van der Waals surface area contributed by atoms with Crippen LogP contribution in [0.25, 0.3) is 0 Å². The van der Waals surface area contributed by atoms with Crippen molar-refractivity contribution >= 4 is 21.8 Å². The van der Waals surface area contributed by atoms with E-state index in [1.165, 1.54) is 5.56 Å². The van der Waals surface area contributed by atoms with Gasteiger partial charge in [0.25, 0.3) is 5.91 Å². The first-order valence-corrected chi connectivity index (χ1v) is 7.25. The molecule has 2 aromatic rings. The van der Waals surface area contributed by atoms with Gasteiger partial charge < -0.3 is 5.32 Å². The van der Waals surface area contributed by atoms with Crippen molar-refractivity contribution in [3.05, 3.63) is 64.4 Å². The second-order valence-electron chi connectivity index (χ2n) is 5.28. The summed E-state index contributed by atoms with van der Waals surface area (Å²) in [6.45, 7) is 4.78. The van der Waals surface area contributed by atoms with E-state index in [1.54, 1.807) is 18.2 Å². The molecule has 3 nitrogen and oxygen atoms in total. The van der Waals surface area contributed by atoms with Crippen molar-refractivity contribution in [3.8, 4) is 0 Å². The van der Waals surface area contributed by atoms with Gasteiger partial charge in [0.05, 0.1) is 0 Å². The molecule has 0 atom stereocenters. The summed E-state index contributed by atoms with van der Waals surface area (Å²) in [6, 6.07) is 15.5. The number of rotatable bonds is 4. The molecule has 0 saturated carbocycles. The molecule has 0 aliphatic carbocycles. The summed E-state index contributed by atoms with van der Waals surface area (Å²) in [5.74, 6) is -0.157. The lowest BCUT2D eigenvalue weighted by molar-refractivity contribution is 0.0940. The van der Waals surface area contributed by atoms with E-state index >= 15 is 0 Å². The maximum Gasteiger partial charge on any atom is 0.269 e. The van der Waals surface area contributed by atoms with Gasteiger partial charge in [-0.1, -0.05) is 50.2 Å². The van der Waals surface area contributed by atoms with Gasteiger partial charge in [0.1, 0.15) is 10.3 Å². The monoisotopic (exact) mass is 332 g/mol. The summed E-state index contributed by atoms with van der Waals surface area (Å²) in [6.07, 6.45) is 0. The molecule has 1 amide bonds. The normalized spacial score (nSPS) is 11.2. The summed E-state index contributed by atoms with van der Waals surface area (Å²) in [7, 11) is 0. The minimum atomic E-state index is -0.157. The molecular weight excluding hydrogens is 316 g/mol. The number of nitrogens with one attached hydrogen (secondary N) is 1. The van der Waals surface area contributed by atoms with Crippen molar-refractivity contribution in [1.29, 1.82) is 0 Å². The van der Waals surface area contributed by atoms with Crippen molar-refractivity contribution in [2.45, 2.75) is 19.3 Å². The Kier molecular flexibility index (Phi) is 4.55. The highest BCUT2D eigenvalue weighted by Crippen LogP contribution is 2.21. The molecule has 1 N–H and O–H groups in total. The van der Waals surface area contributed by atoms with Gasteiger partial charge in [0.2, 0.25) is 0 Å².